The number of hydrogen-bond donors (Lipinski definition) is 3. The number of nitrogens with zero attached hydrogens (tertiary/aromatic N) is 3. The summed E-state index contributed by atoms with van der Waals surface area (Å²) in [6.45, 7) is 2.74. The van der Waals surface area contributed by atoms with E-state index in [1.165, 1.54) is 11.1 Å². The van der Waals surface area contributed by atoms with Crippen LogP contribution in [0.25, 0.3) is 0 Å². The summed E-state index contributed by atoms with van der Waals surface area (Å²) in [6.07, 6.45) is -0.966. The molecule has 1 atom stereocenters. The zero-order valence-corrected chi connectivity index (χ0v) is 16.5. The number of nitrogen functional groups attached to an aromatic ring is 1. The van der Waals surface area contributed by atoms with Crippen LogP contribution in [0, 0.1) is 5.41 Å². The average molecular weight is 418 g/mol. The second-order valence-corrected chi connectivity index (χ2v) is 7.70. The minimum absolute atomic E-state index is 0.225. The highest BCUT2D eigenvalue weighted by atomic mass is 19.4. The standard InChI is InChI=1S/C21H25F3N6/c22-21(23,24)13-30-8-5-15-16(2-3-18(26)17(15)11-25)20(30)19-4-1-14(12-28-19)29-9-6-27-7-10-29/h1-4,11-12,20,25,27H,5-10,13,26H2. The average Bonchev–Trinajstić information content (AvgIpc) is 2.73. The normalized spacial score (nSPS) is 20.1. The van der Waals surface area contributed by atoms with Gasteiger partial charge in [-0.3, -0.25) is 9.88 Å². The number of anilines is 2. The van der Waals surface area contributed by atoms with Gasteiger partial charge >= 0.3 is 6.18 Å². The number of hydrogen-bond acceptors (Lipinski definition) is 6. The van der Waals surface area contributed by atoms with Crippen molar-refractivity contribution in [2.75, 3.05) is 49.9 Å². The van der Waals surface area contributed by atoms with Gasteiger partial charge in [-0.2, -0.15) is 13.2 Å². The third kappa shape index (κ3) is 4.13. The monoisotopic (exact) mass is 418 g/mol. The molecule has 1 aromatic heterocycles. The number of pyridine rings is 1. The van der Waals surface area contributed by atoms with Crippen LogP contribution in [0.4, 0.5) is 24.5 Å². The lowest BCUT2D eigenvalue weighted by atomic mass is 9.86. The Labute approximate surface area is 173 Å². The van der Waals surface area contributed by atoms with Gasteiger partial charge in [0, 0.05) is 50.2 Å². The summed E-state index contributed by atoms with van der Waals surface area (Å²) in [7, 11) is 0. The van der Waals surface area contributed by atoms with Gasteiger partial charge in [0.15, 0.2) is 0 Å². The first-order valence-corrected chi connectivity index (χ1v) is 10.0. The van der Waals surface area contributed by atoms with Crippen molar-refractivity contribution in [1.82, 2.24) is 15.2 Å². The maximum atomic E-state index is 13.3. The van der Waals surface area contributed by atoms with Crippen LogP contribution in [0.5, 0.6) is 0 Å². The minimum Gasteiger partial charge on any atom is -0.398 e. The zero-order valence-electron chi connectivity index (χ0n) is 16.5. The summed E-state index contributed by atoms with van der Waals surface area (Å²) in [6, 6.07) is 6.56. The first-order chi connectivity index (χ1) is 14.4. The maximum Gasteiger partial charge on any atom is 0.401 e. The molecule has 1 fully saturated rings. The summed E-state index contributed by atoms with van der Waals surface area (Å²) >= 11 is 0. The Morgan fingerprint density at radius 2 is 1.93 bits per heavy atom. The van der Waals surface area contributed by atoms with Crippen LogP contribution in [0.2, 0.25) is 0 Å². The van der Waals surface area contributed by atoms with Crippen molar-refractivity contribution in [3.05, 3.63) is 52.8 Å². The Morgan fingerprint density at radius 1 is 1.17 bits per heavy atom. The molecule has 1 unspecified atom stereocenters. The number of nitrogens with one attached hydrogen (secondary N) is 2. The molecule has 2 aliphatic heterocycles. The molecule has 0 bridgehead atoms. The van der Waals surface area contributed by atoms with Crippen LogP contribution < -0.4 is 16.0 Å². The number of aromatic nitrogens is 1. The number of rotatable bonds is 4. The topological polar surface area (TPSA) is 81.3 Å². The SMILES string of the molecule is N=Cc1c(N)ccc2c1CCN(CC(F)(F)F)C2c1ccc(N2CCNCC2)cn1. The molecule has 4 N–H and O–H groups in total. The van der Waals surface area contributed by atoms with E-state index in [1.807, 2.05) is 12.1 Å². The predicted octanol–water partition coefficient (Wildman–Crippen LogP) is 2.58. The van der Waals surface area contributed by atoms with Gasteiger partial charge in [-0.05, 0) is 35.7 Å². The Balaban J connectivity index is 1.72. The summed E-state index contributed by atoms with van der Waals surface area (Å²) < 4.78 is 39.9. The Hall–Kier alpha value is -2.65. The number of alkyl halides is 3. The van der Waals surface area contributed by atoms with Crippen LogP contribution in [-0.2, 0) is 6.42 Å². The molecule has 1 aromatic carbocycles. The first-order valence-electron chi connectivity index (χ1n) is 10.0. The van der Waals surface area contributed by atoms with Crippen molar-refractivity contribution < 1.29 is 13.2 Å². The van der Waals surface area contributed by atoms with Crippen LogP contribution in [-0.4, -0.2) is 61.5 Å². The van der Waals surface area contributed by atoms with Crippen molar-refractivity contribution in [1.29, 1.82) is 5.41 Å². The molecule has 6 nitrogen and oxygen atoms in total. The van der Waals surface area contributed by atoms with Gasteiger partial charge in [-0.1, -0.05) is 6.07 Å². The lowest BCUT2D eigenvalue weighted by Gasteiger charge is -2.38. The highest BCUT2D eigenvalue weighted by molar-refractivity contribution is 5.88. The van der Waals surface area contributed by atoms with Crippen molar-refractivity contribution >= 4 is 17.6 Å². The van der Waals surface area contributed by atoms with Gasteiger partial charge in [0.2, 0.25) is 0 Å². The molecule has 160 valence electrons. The fourth-order valence-corrected chi connectivity index (χ4v) is 4.40. The molecule has 2 aliphatic rings. The molecule has 2 aromatic rings. The van der Waals surface area contributed by atoms with Crippen molar-refractivity contribution in [2.45, 2.75) is 18.6 Å². The van der Waals surface area contributed by atoms with E-state index in [-0.39, 0.29) is 6.54 Å². The van der Waals surface area contributed by atoms with Crippen molar-refractivity contribution in [2.24, 2.45) is 0 Å². The van der Waals surface area contributed by atoms with E-state index in [9.17, 15) is 13.2 Å². The molecule has 4 rings (SSSR count). The predicted molar refractivity (Wildman–Crippen MR) is 111 cm³/mol. The Bertz CT molecular complexity index is 906. The minimum atomic E-state index is -4.31. The summed E-state index contributed by atoms with van der Waals surface area (Å²) in [5.74, 6) is 0. The molecule has 0 saturated carbocycles. The molecule has 30 heavy (non-hydrogen) atoms. The molecule has 3 heterocycles. The molecular weight excluding hydrogens is 393 g/mol. The van der Waals surface area contributed by atoms with E-state index < -0.39 is 18.8 Å². The molecule has 0 radical (unpaired) electrons. The molecule has 0 amide bonds. The number of halogens is 3. The summed E-state index contributed by atoms with van der Waals surface area (Å²) in [5, 5.41) is 11.0. The second kappa shape index (κ2) is 8.23. The van der Waals surface area contributed by atoms with Crippen LogP contribution in [0.3, 0.4) is 0 Å². The molecule has 0 aliphatic carbocycles. The smallest absolute Gasteiger partial charge is 0.398 e. The highest BCUT2D eigenvalue weighted by Crippen LogP contribution is 2.38. The quantitative estimate of drug-likeness (QED) is 0.525. The van der Waals surface area contributed by atoms with Gasteiger partial charge in [0.05, 0.1) is 30.2 Å². The lowest BCUT2D eigenvalue weighted by molar-refractivity contribution is -0.150. The number of nitrogens with two attached hydrogens (primary N) is 1. The Kier molecular flexibility index (Phi) is 5.66. The lowest BCUT2D eigenvalue weighted by Crippen LogP contribution is -2.44. The van der Waals surface area contributed by atoms with E-state index >= 15 is 0 Å². The molecule has 0 spiro atoms. The van der Waals surface area contributed by atoms with Gasteiger partial charge in [-0.15, -0.1) is 0 Å². The van der Waals surface area contributed by atoms with E-state index in [4.69, 9.17) is 11.1 Å². The fraction of sp³-hybridized carbons (Fsp3) is 0.429. The van der Waals surface area contributed by atoms with E-state index in [1.54, 1.807) is 18.3 Å². The van der Waals surface area contributed by atoms with Crippen LogP contribution in [0.15, 0.2) is 30.5 Å². The van der Waals surface area contributed by atoms with Crippen LogP contribution >= 0.6 is 0 Å². The number of benzene rings is 1. The van der Waals surface area contributed by atoms with E-state index in [0.717, 1.165) is 43.0 Å². The van der Waals surface area contributed by atoms with Gasteiger partial charge < -0.3 is 21.4 Å². The van der Waals surface area contributed by atoms with Crippen molar-refractivity contribution in [3.63, 3.8) is 0 Å². The maximum absolute atomic E-state index is 13.3. The van der Waals surface area contributed by atoms with Gasteiger partial charge in [-0.25, -0.2) is 0 Å². The molecule has 9 heteroatoms. The zero-order chi connectivity index (χ0) is 21.3. The molecular formula is C21H25F3N6. The van der Waals surface area contributed by atoms with Crippen molar-refractivity contribution in [3.8, 4) is 0 Å². The number of fused-ring (bicyclic) bond motifs is 1. The summed E-state index contributed by atoms with van der Waals surface area (Å²) in [4.78, 5) is 8.20. The summed E-state index contributed by atoms with van der Waals surface area (Å²) in [5.41, 5.74) is 10.2. The highest BCUT2D eigenvalue weighted by Gasteiger charge is 2.38. The third-order valence-electron chi connectivity index (χ3n) is 5.80. The largest absolute Gasteiger partial charge is 0.401 e. The van der Waals surface area contributed by atoms with Gasteiger partial charge in [0.1, 0.15) is 0 Å². The van der Waals surface area contributed by atoms with Crippen LogP contribution in [0.1, 0.15) is 28.4 Å². The third-order valence-corrected chi connectivity index (χ3v) is 5.80. The fourth-order valence-electron chi connectivity index (χ4n) is 4.40. The van der Waals surface area contributed by atoms with E-state index in [0.29, 0.717) is 23.4 Å². The molecule has 1 saturated heterocycles. The Morgan fingerprint density at radius 3 is 2.57 bits per heavy atom. The van der Waals surface area contributed by atoms with E-state index in [2.05, 4.69) is 15.2 Å². The first kappa shape index (κ1) is 20.6. The van der Waals surface area contributed by atoms with Gasteiger partial charge in [0.25, 0.3) is 0 Å². The number of piperazine rings is 1. The second-order valence-electron chi connectivity index (χ2n) is 7.70.